The van der Waals surface area contributed by atoms with Gasteiger partial charge in [-0.05, 0) is 12.1 Å². The van der Waals surface area contributed by atoms with Crippen LogP contribution in [0.15, 0.2) is 43.0 Å². The molecule has 0 aliphatic carbocycles. The fourth-order valence-corrected chi connectivity index (χ4v) is 2.02. The number of aliphatic hydroxyl groups is 1. The number of rotatable bonds is 6. The minimum Gasteiger partial charge on any atom is -0.459 e. The third-order valence-corrected chi connectivity index (χ3v) is 3.02. The van der Waals surface area contributed by atoms with Crippen molar-refractivity contribution in [1.82, 2.24) is 0 Å². The molecule has 5 nitrogen and oxygen atoms in total. The molecule has 1 saturated heterocycles. The lowest BCUT2D eigenvalue weighted by Crippen LogP contribution is -2.36. The molecule has 1 aliphatic rings. The number of carbonyl (C=O) groups excluding carboxylic acids is 1. The topological polar surface area (TPSA) is 65.0 Å². The molecule has 0 spiro atoms. The average Bonchev–Trinajstić information content (AvgIpc) is 2.84. The second kappa shape index (κ2) is 7.19. The van der Waals surface area contributed by atoms with Gasteiger partial charge in [-0.1, -0.05) is 24.3 Å². The maximum atomic E-state index is 11.8. The van der Waals surface area contributed by atoms with Crippen molar-refractivity contribution in [3.63, 3.8) is 0 Å². The largest absolute Gasteiger partial charge is 0.459 e. The maximum absolute atomic E-state index is 11.8. The van der Waals surface area contributed by atoms with Crippen molar-refractivity contribution in [2.24, 2.45) is 0 Å². The van der Waals surface area contributed by atoms with Crippen LogP contribution in [0.2, 0.25) is 0 Å². The monoisotopic (exact) mass is 278 g/mol. The van der Waals surface area contributed by atoms with Gasteiger partial charge in [-0.3, -0.25) is 0 Å². The van der Waals surface area contributed by atoms with Crippen molar-refractivity contribution < 1.29 is 24.1 Å². The molecule has 1 aromatic rings. The van der Waals surface area contributed by atoms with Crippen LogP contribution in [-0.4, -0.2) is 49.2 Å². The summed E-state index contributed by atoms with van der Waals surface area (Å²) in [5.74, 6) is -0.418. The minimum atomic E-state index is -0.713. The molecule has 1 N–H and O–H groups in total. The van der Waals surface area contributed by atoms with Gasteiger partial charge in [0.15, 0.2) is 0 Å². The first-order valence-electron chi connectivity index (χ1n) is 6.46. The summed E-state index contributed by atoms with van der Waals surface area (Å²) in [7, 11) is 0. The number of hydrogen-bond donors (Lipinski definition) is 1. The minimum absolute atomic E-state index is 0.0482. The Bertz CT molecular complexity index is 445. The number of hydrogen-bond acceptors (Lipinski definition) is 5. The van der Waals surface area contributed by atoms with E-state index >= 15 is 0 Å². The molecular formula is C15H18O5. The van der Waals surface area contributed by atoms with Gasteiger partial charge >= 0.3 is 5.97 Å². The number of carbonyl (C=O) groups is 1. The summed E-state index contributed by atoms with van der Waals surface area (Å²) in [6, 6.07) is 8.72. The molecule has 5 heteroatoms. The third-order valence-electron chi connectivity index (χ3n) is 3.02. The number of esters is 1. The Kier molecular flexibility index (Phi) is 5.29. The lowest BCUT2D eigenvalue weighted by molar-refractivity contribution is -0.0493. The van der Waals surface area contributed by atoms with E-state index in [2.05, 4.69) is 6.58 Å². The van der Waals surface area contributed by atoms with Gasteiger partial charge < -0.3 is 19.3 Å². The summed E-state index contributed by atoms with van der Waals surface area (Å²) in [4.78, 5) is 11.8. The molecule has 2 rings (SSSR count). The van der Waals surface area contributed by atoms with Gasteiger partial charge in [0.1, 0.15) is 24.9 Å². The molecule has 3 atom stereocenters. The van der Waals surface area contributed by atoms with E-state index in [1.165, 1.54) is 0 Å². The van der Waals surface area contributed by atoms with Gasteiger partial charge in [0.05, 0.1) is 18.8 Å². The summed E-state index contributed by atoms with van der Waals surface area (Å²) < 4.78 is 16.0. The highest BCUT2D eigenvalue weighted by Gasteiger charge is 2.37. The number of ether oxygens (including phenoxy) is 3. The van der Waals surface area contributed by atoms with E-state index < -0.39 is 24.3 Å². The molecule has 1 aromatic carbocycles. The zero-order chi connectivity index (χ0) is 14.4. The fraction of sp³-hybridized carbons (Fsp3) is 0.400. The van der Waals surface area contributed by atoms with Crippen molar-refractivity contribution >= 4 is 5.97 Å². The Hall–Kier alpha value is -1.69. The second-order valence-corrected chi connectivity index (χ2v) is 4.49. The Morgan fingerprint density at radius 2 is 2.20 bits per heavy atom. The van der Waals surface area contributed by atoms with Crippen molar-refractivity contribution in [2.75, 3.05) is 19.8 Å². The van der Waals surface area contributed by atoms with Crippen molar-refractivity contribution in [3.8, 4) is 0 Å². The van der Waals surface area contributed by atoms with Crippen LogP contribution in [0.5, 0.6) is 0 Å². The molecule has 0 aromatic heterocycles. The molecular weight excluding hydrogens is 260 g/mol. The molecule has 0 unspecified atom stereocenters. The Morgan fingerprint density at radius 1 is 1.45 bits per heavy atom. The highest BCUT2D eigenvalue weighted by Crippen LogP contribution is 2.19. The van der Waals surface area contributed by atoms with Gasteiger partial charge in [-0.2, -0.15) is 0 Å². The highest BCUT2D eigenvalue weighted by molar-refractivity contribution is 5.89. The van der Waals surface area contributed by atoms with Crippen LogP contribution in [0, 0.1) is 0 Å². The highest BCUT2D eigenvalue weighted by atomic mass is 16.6. The van der Waals surface area contributed by atoms with Crippen LogP contribution < -0.4 is 0 Å². The lowest BCUT2D eigenvalue weighted by Gasteiger charge is -2.20. The summed E-state index contributed by atoms with van der Waals surface area (Å²) in [5, 5.41) is 9.74. The zero-order valence-corrected chi connectivity index (χ0v) is 11.1. The third kappa shape index (κ3) is 3.66. The summed E-state index contributed by atoms with van der Waals surface area (Å²) in [5.41, 5.74) is 0.481. The van der Waals surface area contributed by atoms with E-state index in [4.69, 9.17) is 14.2 Å². The molecule has 1 heterocycles. The van der Waals surface area contributed by atoms with Crippen LogP contribution in [0.4, 0.5) is 0 Å². The second-order valence-electron chi connectivity index (χ2n) is 4.49. The summed E-state index contributed by atoms with van der Waals surface area (Å²) >= 11 is 0. The first-order valence-corrected chi connectivity index (χ1v) is 6.46. The van der Waals surface area contributed by atoms with E-state index in [9.17, 15) is 9.90 Å². The quantitative estimate of drug-likeness (QED) is 0.625. The lowest BCUT2D eigenvalue weighted by atomic mass is 10.1. The molecule has 0 bridgehead atoms. The Balaban J connectivity index is 1.86. The first-order chi connectivity index (χ1) is 9.72. The van der Waals surface area contributed by atoms with E-state index in [-0.39, 0.29) is 13.2 Å². The Labute approximate surface area is 117 Å². The van der Waals surface area contributed by atoms with E-state index in [1.54, 1.807) is 30.3 Å². The SMILES string of the molecule is C=CCO[C@@H]1[C@@H](O)CO[C@@H]1COC(=O)c1ccccc1. The van der Waals surface area contributed by atoms with Gasteiger partial charge in [-0.15, -0.1) is 6.58 Å². The van der Waals surface area contributed by atoms with Crippen LogP contribution >= 0.6 is 0 Å². The predicted octanol–water partition coefficient (Wildman–Crippen LogP) is 1.17. The number of benzene rings is 1. The van der Waals surface area contributed by atoms with E-state index in [0.717, 1.165) is 0 Å². The first kappa shape index (κ1) is 14.7. The number of aliphatic hydroxyl groups excluding tert-OH is 1. The van der Waals surface area contributed by atoms with Crippen molar-refractivity contribution in [1.29, 1.82) is 0 Å². The van der Waals surface area contributed by atoms with Crippen LogP contribution in [0.25, 0.3) is 0 Å². The maximum Gasteiger partial charge on any atom is 0.338 e. The molecule has 1 fully saturated rings. The molecule has 0 saturated carbocycles. The van der Waals surface area contributed by atoms with Crippen LogP contribution in [0.3, 0.4) is 0 Å². The van der Waals surface area contributed by atoms with Gasteiger partial charge in [-0.25, -0.2) is 4.79 Å². The van der Waals surface area contributed by atoms with E-state index in [1.807, 2.05) is 6.07 Å². The smallest absolute Gasteiger partial charge is 0.338 e. The van der Waals surface area contributed by atoms with Crippen LogP contribution in [0.1, 0.15) is 10.4 Å². The van der Waals surface area contributed by atoms with Gasteiger partial charge in [0.25, 0.3) is 0 Å². The molecule has 20 heavy (non-hydrogen) atoms. The standard InChI is InChI=1S/C15H18O5/c1-2-8-18-14-12(16)9-19-13(14)10-20-15(17)11-6-4-3-5-7-11/h2-7,12-14,16H,1,8-10H2/t12-,13+,14+/m0/s1. The molecule has 0 amide bonds. The predicted molar refractivity (Wildman–Crippen MR) is 72.4 cm³/mol. The summed E-state index contributed by atoms with van der Waals surface area (Å²) in [6.45, 7) is 4.09. The average molecular weight is 278 g/mol. The zero-order valence-electron chi connectivity index (χ0n) is 11.1. The van der Waals surface area contributed by atoms with Crippen molar-refractivity contribution in [3.05, 3.63) is 48.6 Å². The van der Waals surface area contributed by atoms with Crippen LogP contribution in [-0.2, 0) is 14.2 Å². The fourth-order valence-electron chi connectivity index (χ4n) is 2.02. The summed E-state index contributed by atoms with van der Waals surface area (Å²) in [6.07, 6.45) is -0.0810. The normalized spacial score (nSPS) is 25.4. The Morgan fingerprint density at radius 3 is 2.90 bits per heavy atom. The van der Waals surface area contributed by atoms with Gasteiger partial charge in [0.2, 0.25) is 0 Å². The molecule has 0 radical (unpaired) electrons. The van der Waals surface area contributed by atoms with E-state index in [0.29, 0.717) is 12.2 Å². The van der Waals surface area contributed by atoms with Crippen molar-refractivity contribution in [2.45, 2.75) is 18.3 Å². The molecule has 108 valence electrons. The molecule has 1 aliphatic heterocycles. The van der Waals surface area contributed by atoms with Gasteiger partial charge in [0, 0.05) is 0 Å².